The van der Waals surface area contributed by atoms with Crippen molar-refractivity contribution in [2.75, 3.05) is 0 Å². The molecule has 5 aromatic rings. The van der Waals surface area contributed by atoms with Crippen molar-refractivity contribution in [1.29, 1.82) is 0 Å². The summed E-state index contributed by atoms with van der Waals surface area (Å²) in [6.07, 6.45) is -2.11. The molecule has 186 valence electrons. The monoisotopic (exact) mass is 497 g/mol. The molecule has 0 aliphatic heterocycles. The number of hydrogen-bond donors (Lipinski definition) is 1. The topological polar surface area (TPSA) is 41.6 Å². The van der Waals surface area contributed by atoms with Crippen molar-refractivity contribution in [2.24, 2.45) is 5.92 Å². The molecule has 0 aliphatic rings. The molecule has 0 amide bonds. The fraction of sp³-hybridized carbons (Fsp3) is 0.161. The smallest absolute Gasteiger partial charge is 0.272 e. The molecule has 0 saturated heterocycles. The fourth-order valence-corrected chi connectivity index (χ4v) is 4.68. The second kappa shape index (κ2) is 10.1. The molecule has 3 nitrogen and oxygen atoms in total. The first kappa shape index (κ1) is 24.5. The molecule has 2 aromatic heterocycles. The van der Waals surface area contributed by atoms with E-state index in [0.717, 1.165) is 28.7 Å². The van der Waals surface area contributed by atoms with Gasteiger partial charge in [0.2, 0.25) is 0 Å². The predicted octanol–water partition coefficient (Wildman–Crippen LogP) is 8.69. The second-order valence-corrected chi connectivity index (χ2v) is 9.42. The third-order valence-electron chi connectivity index (χ3n) is 6.28. The lowest BCUT2D eigenvalue weighted by atomic mass is 9.91. The van der Waals surface area contributed by atoms with Crippen molar-refractivity contribution >= 4 is 0 Å². The van der Waals surface area contributed by atoms with Crippen LogP contribution in [0.1, 0.15) is 25.1 Å². The molecule has 0 radical (unpaired) electrons. The van der Waals surface area contributed by atoms with E-state index < -0.39 is 11.9 Å². The van der Waals surface area contributed by atoms with Crippen LogP contribution in [0.4, 0.5) is 13.2 Å². The Balaban J connectivity index is 1.73. The van der Waals surface area contributed by atoms with Crippen molar-refractivity contribution < 1.29 is 13.2 Å². The fourth-order valence-electron chi connectivity index (χ4n) is 4.68. The summed E-state index contributed by atoms with van der Waals surface area (Å²) in [4.78, 5) is 4.63. The van der Waals surface area contributed by atoms with E-state index in [-0.39, 0.29) is 11.3 Å². The summed E-state index contributed by atoms with van der Waals surface area (Å²) in [6.45, 7) is 4.24. The van der Waals surface area contributed by atoms with Crippen molar-refractivity contribution in [3.05, 3.63) is 108 Å². The summed E-state index contributed by atoms with van der Waals surface area (Å²) >= 11 is 0. The lowest BCUT2D eigenvalue weighted by Crippen LogP contribution is -2.08. The van der Waals surface area contributed by atoms with Gasteiger partial charge in [-0.3, -0.25) is 10.1 Å². The van der Waals surface area contributed by atoms with Gasteiger partial charge in [-0.1, -0.05) is 98.8 Å². The number of rotatable bonds is 6. The lowest BCUT2D eigenvalue weighted by molar-refractivity contribution is -0.140. The first-order valence-electron chi connectivity index (χ1n) is 12.2. The van der Waals surface area contributed by atoms with Gasteiger partial charge in [-0.2, -0.15) is 18.3 Å². The highest BCUT2D eigenvalue weighted by Crippen LogP contribution is 2.44. The quantitative estimate of drug-likeness (QED) is 0.255. The number of H-pyrrole nitrogens is 1. The van der Waals surface area contributed by atoms with E-state index >= 15 is 0 Å². The highest BCUT2D eigenvalue weighted by atomic mass is 19.4. The van der Waals surface area contributed by atoms with Gasteiger partial charge in [0.1, 0.15) is 11.4 Å². The summed E-state index contributed by atoms with van der Waals surface area (Å²) in [5.41, 5.74) is 4.67. The molecule has 37 heavy (non-hydrogen) atoms. The van der Waals surface area contributed by atoms with E-state index in [0.29, 0.717) is 22.7 Å². The van der Waals surface area contributed by atoms with Gasteiger partial charge in [0.05, 0.1) is 5.69 Å². The third kappa shape index (κ3) is 5.05. The van der Waals surface area contributed by atoms with Crippen molar-refractivity contribution in [3.63, 3.8) is 0 Å². The highest BCUT2D eigenvalue weighted by Gasteiger charge is 2.39. The van der Waals surface area contributed by atoms with Crippen LogP contribution in [0.5, 0.6) is 0 Å². The minimum Gasteiger partial charge on any atom is -0.272 e. The summed E-state index contributed by atoms with van der Waals surface area (Å²) in [5, 5.41) is 6.46. The van der Waals surface area contributed by atoms with Gasteiger partial charge in [-0.15, -0.1) is 0 Å². The molecule has 5 rings (SSSR count). The van der Waals surface area contributed by atoms with Gasteiger partial charge in [-0.25, -0.2) is 0 Å². The molecule has 6 heteroatoms. The van der Waals surface area contributed by atoms with Crippen LogP contribution in [0, 0.1) is 5.92 Å². The minimum atomic E-state index is -4.62. The number of nitrogens with one attached hydrogen (secondary N) is 1. The van der Waals surface area contributed by atoms with E-state index in [1.807, 2.05) is 78.9 Å². The molecule has 0 saturated carbocycles. The van der Waals surface area contributed by atoms with E-state index in [1.165, 1.54) is 0 Å². The minimum absolute atomic E-state index is 0.00223. The van der Waals surface area contributed by atoms with E-state index in [1.54, 1.807) is 18.3 Å². The molecule has 0 bridgehead atoms. The van der Waals surface area contributed by atoms with Gasteiger partial charge in [0.25, 0.3) is 0 Å². The average Bonchev–Trinajstić information content (AvgIpc) is 3.35. The number of aromatic amines is 1. The number of hydrogen-bond acceptors (Lipinski definition) is 2. The SMILES string of the molecule is CC(C)Cc1cc(-c2n[nH]c(C(F)(F)F)c2-c2ccccc2-c2ccccc2)ncc1-c1ccccc1. The predicted molar refractivity (Wildman–Crippen MR) is 142 cm³/mol. The number of aromatic nitrogens is 3. The Kier molecular flexibility index (Phi) is 6.66. The van der Waals surface area contributed by atoms with E-state index in [2.05, 4.69) is 29.0 Å². The molecule has 1 N–H and O–H groups in total. The maximum atomic E-state index is 14.2. The number of benzene rings is 3. The number of nitrogens with zero attached hydrogens (tertiary/aromatic N) is 2. The van der Waals surface area contributed by atoms with Gasteiger partial charge in [-0.05, 0) is 46.2 Å². The first-order valence-corrected chi connectivity index (χ1v) is 12.2. The Morgan fingerprint density at radius 1 is 0.757 bits per heavy atom. The average molecular weight is 498 g/mol. The van der Waals surface area contributed by atoms with Gasteiger partial charge < -0.3 is 0 Å². The standard InChI is InChI=1S/C31H26F3N3/c1-20(2)17-23-18-27(35-19-26(23)22-13-7-4-8-14-22)29-28(30(37-36-29)31(32,33)34)25-16-10-9-15-24(25)21-11-5-3-6-12-21/h3-16,18-20H,17H2,1-2H3,(H,36,37). The van der Waals surface area contributed by atoms with Crippen LogP contribution >= 0.6 is 0 Å². The number of pyridine rings is 1. The van der Waals surface area contributed by atoms with Gasteiger partial charge >= 0.3 is 6.18 Å². The Bertz CT molecular complexity index is 1500. The Morgan fingerprint density at radius 2 is 1.32 bits per heavy atom. The molecule has 0 fully saturated rings. The first-order chi connectivity index (χ1) is 17.8. The van der Waals surface area contributed by atoms with Crippen LogP contribution in [0.2, 0.25) is 0 Å². The van der Waals surface area contributed by atoms with E-state index in [9.17, 15) is 13.2 Å². The van der Waals surface area contributed by atoms with Crippen LogP contribution in [-0.2, 0) is 12.6 Å². The van der Waals surface area contributed by atoms with Crippen LogP contribution < -0.4 is 0 Å². The summed E-state index contributed by atoms with van der Waals surface area (Å²) in [6, 6.07) is 28.3. The molecule has 2 heterocycles. The molecular weight excluding hydrogens is 471 g/mol. The Hall–Kier alpha value is -4.19. The van der Waals surface area contributed by atoms with Crippen LogP contribution in [0.25, 0.3) is 44.8 Å². The van der Waals surface area contributed by atoms with Crippen molar-refractivity contribution in [1.82, 2.24) is 15.2 Å². The maximum absolute atomic E-state index is 14.2. The maximum Gasteiger partial charge on any atom is 0.433 e. The second-order valence-electron chi connectivity index (χ2n) is 9.42. The molecular formula is C31H26F3N3. The lowest BCUT2D eigenvalue weighted by Gasteiger charge is -2.15. The van der Waals surface area contributed by atoms with Gasteiger partial charge in [0.15, 0.2) is 0 Å². The molecule has 3 aromatic carbocycles. The summed E-state index contributed by atoms with van der Waals surface area (Å²) in [5.74, 6) is 0.348. The zero-order valence-corrected chi connectivity index (χ0v) is 20.6. The van der Waals surface area contributed by atoms with Crippen molar-refractivity contribution in [2.45, 2.75) is 26.4 Å². The molecule has 0 aliphatic carbocycles. The number of halogens is 3. The van der Waals surface area contributed by atoms with Crippen LogP contribution in [0.3, 0.4) is 0 Å². The van der Waals surface area contributed by atoms with Gasteiger partial charge in [0, 0.05) is 17.3 Å². The Labute approximate surface area is 214 Å². The summed E-state index contributed by atoms with van der Waals surface area (Å²) in [7, 11) is 0. The number of alkyl halides is 3. The Morgan fingerprint density at radius 3 is 1.92 bits per heavy atom. The summed E-state index contributed by atoms with van der Waals surface area (Å²) < 4.78 is 42.7. The molecule has 0 unspecified atom stereocenters. The van der Waals surface area contributed by atoms with Crippen LogP contribution in [0.15, 0.2) is 97.2 Å². The zero-order chi connectivity index (χ0) is 26.0. The normalized spacial score (nSPS) is 11.7. The van der Waals surface area contributed by atoms with Crippen LogP contribution in [-0.4, -0.2) is 15.2 Å². The molecule has 0 atom stereocenters. The zero-order valence-electron chi connectivity index (χ0n) is 20.6. The van der Waals surface area contributed by atoms with E-state index in [4.69, 9.17) is 0 Å². The van der Waals surface area contributed by atoms with Crippen molar-refractivity contribution in [3.8, 4) is 44.8 Å². The largest absolute Gasteiger partial charge is 0.433 e. The highest BCUT2D eigenvalue weighted by molar-refractivity contribution is 5.91. The third-order valence-corrected chi connectivity index (χ3v) is 6.28. The molecule has 0 spiro atoms.